The summed E-state index contributed by atoms with van der Waals surface area (Å²) >= 11 is 0. The third kappa shape index (κ3) is 3.66. The van der Waals surface area contributed by atoms with E-state index >= 15 is 0 Å². The van der Waals surface area contributed by atoms with Crippen LogP contribution >= 0.6 is 0 Å². The van der Waals surface area contributed by atoms with Crippen LogP contribution in [-0.4, -0.2) is 24.7 Å². The highest BCUT2D eigenvalue weighted by molar-refractivity contribution is 5.92. The molecule has 1 aromatic heterocycles. The van der Waals surface area contributed by atoms with Crippen LogP contribution in [0.3, 0.4) is 0 Å². The molecular weight excluding hydrogens is 284 g/mol. The number of aromatic nitrogens is 1. The Balaban J connectivity index is 2.15. The van der Waals surface area contributed by atoms with Crippen molar-refractivity contribution < 1.29 is 14.3 Å². The molecule has 0 aliphatic rings. The number of anilines is 1. The molecule has 2 aromatic rings. The Morgan fingerprint density at radius 3 is 2.64 bits per heavy atom. The predicted molar refractivity (Wildman–Crippen MR) is 83.6 cm³/mol. The van der Waals surface area contributed by atoms with Crippen LogP contribution in [0.4, 0.5) is 5.69 Å². The van der Waals surface area contributed by atoms with E-state index in [0.717, 1.165) is 5.56 Å². The fourth-order valence-corrected chi connectivity index (χ4v) is 2.02. The smallest absolute Gasteiger partial charge is 0.251 e. The van der Waals surface area contributed by atoms with Crippen molar-refractivity contribution in [3.63, 3.8) is 0 Å². The molecule has 2 rings (SSSR count). The van der Waals surface area contributed by atoms with Crippen LogP contribution in [0, 0.1) is 6.92 Å². The van der Waals surface area contributed by atoms with Crippen molar-refractivity contribution >= 4 is 11.6 Å². The SMILES string of the molecule is COc1ccc(NC(=O)Cn2cc(C)ccc2=O)c(OC)c1. The number of nitrogens with one attached hydrogen (secondary N) is 1. The lowest BCUT2D eigenvalue weighted by Gasteiger charge is -2.12. The molecule has 0 bridgehead atoms. The molecule has 0 saturated heterocycles. The Morgan fingerprint density at radius 1 is 1.18 bits per heavy atom. The topological polar surface area (TPSA) is 69.6 Å². The lowest BCUT2D eigenvalue weighted by atomic mass is 10.2. The van der Waals surface area contributed by atoms with Crippen molar-refractivity contribution in [2.24, 2.45) is 0 Å². The molecule has 0 atom stereocenters. The van der Waals surface area contributed by atoms with Gasteiger partial charge in [0.25, 0.3) is 5.56 Å². The maximum Gasteiger partial charge on any atom is 0.251 e. The van der Waals surface area contributed by atoms with Gasteiger partial charge in [-0.3, -0.25) is 9.59 Å². The lowest BCUT2D eigenvalue weighted by molar-refractivity contribution is -0.116. The molecule has 0 radical (unpaired) electrons. The highest BCUT2D eigenvalue weighted by atomic mass is 16.5. The van der Waals surface area contributed by atoms with Gasteiger partial charge in [-0.05, 0) is 24.6 Å². The zero-order valence-corrected chi connectivity index (χ0v) is 12.8. The summed E-state index contributed by atoms with van der Waals surface area (Å²) in [6.07, 6.45) is 1.65. The number of rotatable bonds is 5. The van der Waals surface area contributed by atoms with Gasteiger partial charge in [0.05, 0.1) is 19.9 Å². The summed E-state index contributed by atoms with van der Waals surface area (Å²) in [6.45, 7) is 1.80. The zero-order valence-electron chi connectivity index (χ0n) is 12.8. The Hall–Kier alpha value is -2.76. The fraction of sp³-hybridized carbons (Fsp3) is 0.250. The summed E-state index contributed by atoms with van der Waals surface area (Å²) in [5.41, 5.74) is 1.21. The largest absolute Gasteiger partial charge is 0.497 e. The van der Waals surface area contributed by atoms with Gasteiger partial charge in [0.1, 0.15) is 18.0 Å². The highest BCUT2D eigenvalue weighted by Gasteiger charge is 2.10. The number of nitrogens with zero attached hydrogens (tertiary/aromatic N) is 1. The van der Waals surface area contributed by atoms with Gasteiger partial charge in [-0.2, -0.15) is 0 Å². The van der Waals surface area contributed by atoms with Crippen LogP contribution in [-0.2, 0) is 11.3 Å². The minimum absolute atomic E-state index is 0.0598. The van der Waals surface area contributed by atoms with E-state index in [1.807, 2.05) is 6.92 Å². The average Bonchev–Trinajstić information content (AvgIpc) is 2.51. The molecule has 0 spiro atoms. The first-order chi connectivity index (χ1) is 10.5. The second-order valence-corrected chi connectivity index (χ2v) is 4.79. The van der Waals surface area contributed by atoms with E-state index in [1.54, 1.807) is 37.6 Å². The van der Waals surface area contributed by atoms with Crippen LogP contribution in [0.5, 0.6) is 11.5 Å². The second-order valence-electron chi connectivity index (χ2n) is 4.79. The molecule has 0 fully saturated rings. The molecule has 1 heterocycles. The van der Waals surface area contributed by atoms with Crippen LogP contribution in [0.1, 0.15) is 5.56 Å². The van der Waals surface area contributed by atoms with Crippen molar-refractivity contribution in [3.05, 3.63) is 52.4 Å². The number of carbonyl (C=O) groups excluding carboxylic acids is 1. The van der Waals surface area contributed by atoms with E-state index in [1.165, 1.54) is 17.7 Å². The molecule has 6 nitrogen and oxygen atoms in total. The van der Waals surface area contributed by atoms with Crippen molar-refractivity contribution in [3.8, 4) is 11.5 Å². The fourth-order valence-electron chi connectivity index (χ4n) is 2.02. The molecule has 6 heteroatoms. The number of carbonyl (C=O) groups is 1. The third-order valence-corrected chi connectivity index (χ3v) is 3.13. The normalized spacial score (nSPS) is 10.1. The van der Waals surface area contributed by atoms with Crippen LogP contribution in [0.15, 0.2) is 41.3 Å². The molecule has 1 amide bonds. The average molecular weight is 302 g/mol. The van der Waals surface area contributed by atoms with Gasteiger partial charge in [-0.25, -0.2) is 0 Å². The van der Waals surface area contributed by atoms with Gasteiger partial charge in [0, 0.05) is 18.3 Å². The van der Waals surface area contributed by atoms with Crippen LogP contribution in [0.2, 0.25) is 0 Å². The predicted octanol–water partition coefficient (Wildman–Crippen LogP) is 1.81. The van der Waals surface area contributed by atoms with Gasteiger partial charge in [0.2, 0.25) is 5.91 Å². The third-order valence-electron chi connectivity index (χ3n) is 3.13. The van der Waals surface area contributed by atoms with Crippen molar-refractivity contribution in [1.82, 2.24) is 4.57 Å². The van der Waals surface area contributed by atoms with Gasteiger partial charge in [0.15, 0.2) is 0 Å². The standard InChI is InChI=1S/C16H18N2O4/c1-11-4-7-16(20)18(9-11)10-15(19)17-13-6-5-12(21-2)8-14(13)22-3/h4-9H,10H2,1-3H3,(H,17,19). The highest BCUT2D eigenvalue weighted by Crippen LogP contribution is 2.28. The minimum atomic E-state index is -0.309. The molecule has 0 aliphatic carbocycles. The second kappa shape index (κ2) is 6.80. The Kier molecular flexibility index (Phi) is 4.83. The number of hydrogen-bond acceptors (Lipinski definition) is 4. The molecule has 1 N–H and O–H groups in total. The monoisotopic (exact) mass is 302 g/mol. The number of hydrogen-bond donors (Lipinski definition) is 1. The minimum Gasteiger partial charge on any atom is -0.497 e. The number of aryl methyl sites for hydroxylation is 1. The van der Waals surface area contributed by atoms with E-state index in [2.05, 4.69) is 5.32 Å². The lowest BCUT2D eigenvalue weighted by Crippen LogP contribution is -2.27. The van der Waals surface area contributed by atoms with Crippen molar-refractivity contribution in [2.75, 3.05) is 19.5 Å². The first-order valence-corrected chi connectivity index (χ1v) is 6.72. The number of ether oxygens (including phenoxy) is 2. The molecule has 0 aliphatic heterocycles. The first kappa shape index (κ1) is 15.6. The maximum atomic E-state index is 12.1. The molecule has 116 valence electrons. The van der Waals surface area contributed by atoms with E-state index < -0.39 is 0 Å². The Bertz CT molecular complexity index is 737. The number of benzene rings is 1. The maximum absolute atomic E-state index is 12.1. The first-order valence-electron chi connectivity index (χ1n) is 6.72. The van der Waals surface area contributed by atoms with Crippen LogP contribution < -0.4 is 20.3 Å². The summed E-state index contributed by atoms with van der Waals surface area (Å²) in [7, 11) is 3.06. The van der Waals surface area contributed by atoms with E-state index in [0.29, 0.717) is 17.2 Å². The summed E-state index contributed by atoms with van der Waals surface area (Å²) in [5, 5.41) is 2.73. The Morgan fingerprint density at radius 2 is 1.95 bits per heavy atom. The van der Waals surface area contributed by atoms with Crippen molar-refractivity contribution in [2.45, 2.75) is 13.5 Å². The van der Waals surface area contributed by atoms with E-state index in [-0.39, 0.29) is 18.0 Å². The van der Waals surface area contributed by atoms with Gasteiger partial charge in [-0.15, -0.1) is 0 Å². The summed E-state index contributed by atoms with van der Waals surface area (Å²) in [6, 6.07) is 8.24. The quantitative estimate of drug-likeness (QED) is 0.914. The van der Waals surface area contributed by atoms with Gasteiger partial charge < -0.3 is 19.4 Å². The summed E-state index contributed by atoms with van der Waals surface area (Å²) in [4.78, 5) is 23.8. The molecule has 1 aromatic carbocycles. The number of methoxy groups -OCH3 is 2. The van der Waals surface area contributed by atoms with Gasteiger partial charge in [-0.1, -0.05) is 6.07 Å². The molecule has 22 heavy (non-hydrogen) atoms. The van der Waals surface area contributed by atoms with E-state index in [4.69, 9.17) is 9.47 Å². The van der Waals surface area contributed by atoms with Gasteiger partial charge >= 0.3 is 0 Å². The van der Waals surface area contributed by atoms with E-state index in [9.17, 15) is 9.59 Å². The zero-order chi connectivity index (χ0) is 16.1. The number of amides is 1. The summed E-state index contributed by atoms with van der Waals surface area (Å²) in [5.74, 6) is 0.810. The molecule has 0 saturated carbocycles. The Labute approximate surface area is 128 Å². The summed E-state index contributed by atoms with van der Waals surface area (Å²) < 4.78 is 11.7. The van der Waals surface area contributed by atoms with Crippen LogP contribution in [0.25, 0.3) is 0 Å². The number of pyridine rings is 1. The molecular formula is C16H18N2O4. The molecule has 0 unspecified atom stereocenters. The van der Waals surface area contributed by atoms with Crippen molar-refractivity contribution in [1.29, 1.82) is 0 Å².